The third-order valence-electron chi connectivity index (χ3n) is 5.52. The number of carbonyl (C=O) groups excluding carboxylic acids is 1. The van der Waals surface area contributed by atoms with E-state index in [1.165, 1.54) is 5.01 Å². The average Bonchev–Trinajstić information content (AvgIpc) is 3.33. The molecule has 2 aromatic rings. The van der Waals surface area contributed by atoms with Crippen LogP contribution in [0.2, 0.25) is 0 Å². The zero-order chi connectivity index (χ0) is 17.9. The van der Waals surface area contributed by atoms with Crippen LogP contribution in [0.4, 0.5) is 0 Å². The van der Waals surface area contributed by atoms with Crippen molar-refractivity contribution in [1.29, 1.82) is 5.26 Å². The Kier molecular flexibility index (Phi) is 5.14. The molecule has 2 aromatic heterocycles. The van der Waals surface area contributed by atoms with E-state index in [1.807, 2.05) is 18.3 Å². The molecule has 6 nitrogen and oxygen atoms in total. The van der Waals surface area contributed by atoms with Crippen LogP contribution in [0, 0.1) is 11.3 Å². The van der Waals surface area contributed by atoms with E-state index in [1.54, 1.807) is 16.2 Å². The summed E-state index contributed by atoms with van der Waals surface area (Å²) in [5.41, 5.74) is 0.996. The van der Waals surface area contributed by atoms with Crippen molar-refractivity contribution in [3.8, 4) is 6.07 Å². The monoisotopic (exact) mass is 369 g/mol. The summed E-state index contributed by atoms with van der Waals surface area (Å²) in [5, 5.41) is 13.7. The molecule has 1 aliphatic heterocycles. The van der Waals surface area contributed by atoms with Gasteiger partial charge in [0.05, 0.1) is 17.6 Å². The van der Waals surface area contributed by atoms with Crippen molar-refractivity contribution in [2.75, 3.05) is 13.1 Å². The van der Waals surface area contributed by atoms with Crippen LogP contribution in [-0.2, 0) is 4.79 Å². The van der Waals surface area contributed by atoms with Gasteiger partial charge in [0.2, 0.25) is 5.91 Å². The van der Waals surface area contributed by atoms with Crippen molar-refractivity contribution in [2.45, 2.75) is 56.5 Å². The highest BCUT2D eigenvalue weighted by Crippen LogP contribution is 2.36. The molecule has 7 heteroatoms. The highest BCUT2D eigenvalue weighted by Gasteiger charge is 2.29. The van der Waals surface area contributed by atoms with Crippen LogP contribution < -0.4 is 5.32 Å². The minimum Gasteiger partial charge on any atom is -0.326 e. The van der Waals surface area contributed by atoms with Gasteiger partial charge in [-0.15, -0.1) is 0 Å². The Morgan fingerprint density at radius 3 is 2.96 bits per heavy atom. The van der Waals surface area contributed by atoms with Gasteiger partial charge in [0.15, 0.2) is 0 Å². The molecule has 2 aliphatic rings. The number of hydrogen-bond acceptors (Lipinski definition) is 6. The maximum absolute atomic E-state index is 12.3. The molecule has 4 rings (SSSR count). The van der Waals surface area contributed by atoms with Gasteiger partial charge in [-0.1, -0.05) is 11.3 Å². The number of carbonyl (C=O) groups is 1. The lowest BCUT2D eigenvalue weighted by molar-refractivity contribution is -0.130. The van der Waals surface area contributed by atoms with Crippen molar-refractivity contribution >= 4 is 27.6 Å². The lowest BCUT2D eigenvalue weighted by atomic mass is 9.86. The molecule has 1 atom stereocenters. The molecule has 0 spiro atoms. The van der Waals surface area contributed by atoms with E-state index in [4.69, 9.17) is 10.2 Å². The number of amides is 1. The number of nitrogens with one attached hydrogen (secondary N) is 1. The molecule has 136 valence electrons. The molecule has 3 heterocycles. The molecule has 1 amide bonds. The Balaban J connectivity index is 1.27. The van der Waals surface area contributed by atoms with Gasteiger partial charge in [-0.2, -0.15) is 5.26 Å². The zero-order valence-electron chi connectivity index (χ0n) is 14.7. The van der Waals surface area contributed by atoms with Gasteiger partial charge in [0.25, 0.3) is 0 Å². The maximum Gasteiger partial charge on any atom is 0.237 e. The summed E-state index contributed by atoms with van der Waals surface area (Å²) >= 11 is 1.71. The molecule has 0 bridgehead atoms. The fourth-order valence-electron chi connectivity index (χ4n) is 4.04. The third kappa shape index (κ3) is 3.57. The molecule has 1 saturated heterocycles. The zero-order valence-corrected chi connectivity index (χ0v) is 15.5. The number of rotatable bonds is 4. The second kappa shape index (κ2) is 7.68. The number of likely N-dealkylation sites (tertiary alicyclic amines) is 1. The summed E-state index contributed by atoms with van der Waals surface area (Å²) in [6, 6.07) is 6.34. The first kappa shape index (κ1) is 17.4. The second-order valence-electron chi connectivity index (χ2n) is 7.18. The number of hydrogen-bond donors (Lipinski definition) is 1. The van der Waals surface area contributed by atoms with E-state index in [0.29, 0.717) is 18.5 Å². The Labute approximate surface area is 157 Å². The van der Waals surface area contributed by atoms with Crippen molar-refractivity contribution in [3.63, 3.8) is 0 Å². The van der Waals surface area contributed by atoms with Crippen molar-refractivity contribution < 1.29 is 4.79 Å². The lowest BCUT2D eigenvalue weighted by Gasteiger charge is -2.29. The Morgan fingerprint density at radius 2 is 2.19 bits per heavy atom. The van der Waals surface area contributed by atoms with Crippen molar-refractivity contribution in [2.24, 2.45) is 0 Å². The number of nitrogens with zero attached hydrogens (tertiary/aromatic N) is 4. The smallest absolute Gasteiger partial charge is 0.237 e. The Morgan fingerprint density at radius 1 is 1.35 bits per heavy atom. The van der Waals surface area contributed by atoms with Gasteiger partial charge in [-0.25, -0.2) is 9.97 Å². The minimum atomic E-state index is -0.229. The predicted octanol–water partition coefficient (Wildman–Crippen LogP) is 2.82. The van der Waals surface area contributed by atoms with E-state index in [9.17, 15) is 4.79 Å². The van der Waals surface area contributed by atoms with Gasteiger partial charge >= 0.3 is 0 Å². The quantitative estimate of drug-likeness (QED) is 0.896. The fourth-order valence-corrected chi connectivity index (χ4v) is 5.11. The SMILES string of the molecule is N#C[C@@H]1CCCN1C(=O)CNC1CCC(c2nc3cccnc3s2)CC1. The standard InChI is InChI=1S/C19H23N5OS/c20-11-15-3-2-10-24(15)17(25)12-22-14-7-5-13(6-8-14)18-23-16-4-1-9-21-19(16)26-18/h1,4,9,13-15,22H,2-3,5-8,10,12H2/t13?,14?,15-/m0/s1. The average molecular weight is 369 g/mol. The summed E-state index contributed by atoms with van der Waals surface area (Å²) in [7, 11) is 0. The summed E-state index contributed by atoms with van der Waals surface area (Å²) < 4.78 is 0. The number of aromatic nitrogens is 2. The Hall–Kier alpha value is -2.04. The summed E-state index contributed by atoms with van der Waals surface area (Å²) in [4.78, 5) is 24.2. The van der Waals surface area contributed by atoms with Gasteiger partial charge in [0.1, 0.15) is 16.4 Å². The number of fused-ring (bicyclic) bond motifs is 1. The first-order chi connectivity index (χ1) is 12.7. The number of thiazole rings is 1. The molecule has 2 fully saturated rings. The van der Waals surface area contributed by atoms with E-state index in [2.05, 4.69) is 16.4 Å². The van der Waals surface area contributed by atoms with Crippen LogP contribution >= 0.6 is 11.3 Å². The highest BCUT2D eigenvalue weighted by atomic mass is 32.1. The van der Waals surface area contributed by atoms with Gasteiger partial charge in [-0.05, 0) is 50.7 Å². The first-order valence-corrected chi connectivity index (χ1v) is 10.2. The van der Waals surface area contributed by atoms with Crippen LogP contribution in [-0.4, -0.2) is 45.9 Å². The largest absolute Gasteiger partial charge is 0.326 e. The molecule has 1 N–H and O–H groups in total. The minimum absolute atomic E-state index is 0.0634. The highest BCUT2D eigenvalue weighted by molar-refractivity contribution is 7.18. The van der Waals surface area contributed by atoms with E-state index >= 15 is 0 Å². The number of nitriles is 1. The van der Waals surface area contributed by atoms with Crippen molar-refractivity contribution in [1.82, 2.24) is 20.2 Å². The number of pyridine rings is 1. The summed E-state index contributed by atoms with van der Waals surface area (Å²) in [6.07, 6.45) is 7.87. The molecule has 26 heavy (non-hydrogen) atoms. The normalized spacial score (nSPS) is 26.1. The van der Waals surface area contributed by atoms with Gasteiger partial charge < -0.3 is 10.2 Å². The van der Waals surface area contributed by atoms with Crippen LogP contribution in [0.3, 0.4) is 0 Å². The van der Waals surface area contributed by atoms with Crippen LogP contribution in [0.1, 0.15) is 49.5 Å². The lowest BCUT2D eigenvalue weighted by Crippen LogP contribution is -2.44. The molecule has 0 unspecified atom stereocenters. The van der Waals surface area contributed by atoms with Crippen molar-refractivity contribution in [3.05, 3.63) is 23.3 Å². The molecule has 0 radical (unpaired) electrons. The van der Waals surface area contributed by atoms with Gasteiger partial charge in [0, 0.05) is 24.7 Å². The molecule has 1 saturated carbocycles. The van der Waals surface area contributed by atoms with Crippen LogP contribution in [0.5, 0.6) is 0 Å². The fraction of sp³-hybridized carbons (Fsp3) is 0.579. The summed E-state index contributed by atoms with van der Waals surface area (Å²) in [5.74, 6) is 0.568. The van der Waals surface area contributed by atoms with E-state index in [0.717, 1.165) is 55.4 Å². The molecular weight excluding hydrogens is 346 g/mol. The second-order valence-corrected chi connectivity index (χ2v) is 8.19. The molecule has 1 aliphatic carbocycles. The molecule has 0 aromatic carbocycles. The van der Waals surface area contributed by atoms with Crippen LogP contribution in [0.15, 0.2) is 18.3 Å². The maximum atomic E-state index is 12.3. The van der Waals surface area contributed by atoms with Gasteiger partial charge in [-0.3, -0.25) is 4.79 Å². The summed E-state index contributed by atoms with van der Waals surface area (Å²) in [6.45, 7) is 1.07. The Bertz CT molecular complexity index is 788. The topological polar surface area (TPSA) is 81.9 Å². The van der Waals surface area contributed by atoms with Crippen LogP contribution in [0.25, 0.3) is 10.3 Å². The van der Waals surface area contributed by atoms with E-state index in [-0.39, 0.29) is 11.9 Å². The molecular formula is C19H23N5OS. The predicted molar refractivity (Wildman–Crippen MR) is 101 cm³/mol. The first-order valence-electron chi connectivity index (χ1n) is 9.38. The van der Waals surface area contributed by atoms with E-state index < -0.39 is 0 Å². The third-order valence-corrected chi connectivity index (χ3v) is 6.67.